The molecule has 310 valence electrons. The SMILES string of the molecule is CCCCCCCCCCCCCCCCCCC(=O)N[C@@H](CO[C@@H]1O[C@H](CO)[C@H](O)C(O)C1O)[C@H](O)CCCCCCCCCCCCCCC. The number of carbonyl (C=O) groups excluding carboxylic acids is 1. The zero-order chi connectivity index (χ0) is 38.1. The first-order valence-corrected chi connectivity index (χ1v) is 22.2. The highest BCUT2D eigenvalue weighted by Crippen LogP contribution is 2.23. The normalized spacial score (nSPS) is 21.7. The Hall–Kier alpha value is -0.810. The number of ether oxygens (including phenoxy) is 2. The van der Waals surface area contributed by atoms with Gasteiger partial charge in [-0.05, 0) is 12.8 Å². The Balaban J connectivity index is 2.33. The van der Waals surface area contributed by atoms with E-state index in [9.17, 15) is 30.3 Å². The van der Waals surface area contributed by atoms with Gasteiger partial charge in [0.25, 0.3) is 0 Å². The Kier molecular flexibility index (Phi) is 32.8. The minimum atomic E-state index is -1.55. The highest BCUT2D eigenvalue weighted by Gasteiger charge is 2.44. The first-order chi connectivity index (χ1) is 25.3. The molecule has 0 aliphatic carbocycles. The summed E-state index contributed by atoms with van der Waals surface area (Å²) in [5.41, 5.74) is 0. The molecule has 0 aromatic rings. The number of hydrogen-bond acceptors (Lipinski definition) is 8. The maximum atomic E-state index is 12.9. The van der Waals surface area contributed by atoms with Crippen LogP contribution in [0.3, 0.4) is 0 Å². The van der Waals surface area contributed by atoms with Crippen LogP contribution < -0.4 is 5.32 Å². The summed E-state index contributed by atoms with van der Waals surface area (Å²) >= 11 is 0. The number of nitrogens with one attached hydrogen (secondary N) is 1. The van der Waals surface area contributed by atoms with Gasteiger partial charge < -0.3 is 40.3 Å². The zero-order valence-corrected chi connectivity index (χ0v) is 33.8. The van der Waals surface area contributed by atoms with Crippen LogP contribution in [0.2, 0.25) is 0 Å². The molecule has 0 saturated carbocycles. The summed E-state index contributed by atoms with van der Waals surface area (Å²) < 4.78 is 11.2. The van der Waals surface area contributed by atoms with E-state index < -0.39 is 49.5 Å². The standard InChI is InChI=1S/C43H85NO8/c1-3-5-7-9-11-13-15-17-18-19-21-23-25-27-29-31-33-39(47)44-36(35-51-43-42(50)41(49)40(48)38(34-45)52-43)37(46)32-30-28-26-24-22-20-16-14-12-10-8-6-4-2/h36-38,40-43,45-46,48-50H,3-35H2,1-2H3,(H,44,47)/t36-,37+,38+,40-,41?,42?,43+/m0/s1. The number of aliphatic hydroxyl groups is 5. The fraction of sp³-hybridized carbons (Fsp3) is 0.977. The van der Waals surface area contributed by atoms with Gasteiger partial charge in [0, 0.05) is 6.42 Å². The van der Waals surface area contributed by atoms with Crippen molar-refractivity contribution in [3.8, 4) is 0 Å². The van der Waals surface area contributed by atoms with Crippen molar-refractivity contribution in [3.63, 3.8) is 0 Å². The summed E-state index contributed by atoms with van der Waals surface area (Å²) in [5.74, 6) is -0.142. The van der Waals surface area contributed by atoms with Gasteiger partial charge in [0.05, 0.1) is 25.4 Å². The van der Waals surface area contributed by atoms with Crippen LogP contribution in [-0.4, -0.2) is 87.5 Å². The van der Waals surface area contributed by atoms with Crippen LogP contribution in [0.1, 0.15) is 213 Å². The molecule has 1 aliphatic rings. The molecule has 1 amide bonds. The van der Waals surface area contributed by atoms with Gasteiger partial charge in [-0.15, -0.1) is 0 Å². The molecule has 0 aromatic carbocycles. The van der Waals surface area contributed by atoms with Crippen LogP contribution >= 0.6 is 0 Å². The summed E-state index contributed by atoms with van der Waals surface area (Å²) in [6, 6.07) is -0.710. The van der Waals surface area contributed by atoms with E-state index in [4.69, 9.17) is 9.47 Å². The Morgan fingerprint density at radius 3 is 1.37 bits per heavy atom. The van der Waals surface area contributed by atoms with Crippen molar-refractivity contribution in [2.24, 2.45) is 0 Å². The third-order valence-electron chi connectivity index (χ3n) is 11.0. The molecule has 7 atom stereocenters. The lowest BCUT2D eigenvalue weighted by molar-refractivity contribution is -0.302. The van der Waals surface area contributed by atoms with E-state index in [-0.39, 0.29) is 12.5 Å². The van der Waals surface area contributed by atoms with E-state index in [1.54, 1.807) is 0 Å². The lowest BCUT2D eigenvalue weighted by Gasteiger charge is -2.40. The van der Waals surface area contributed by atoms with Gasteiger partial charge in [-0.25, -0.2) is 0 Å². The van der Waals surface area contributed by atoms with Gasteiger partial charge in [-0.3, -0.25) is 4.79 Å². The summed E-state index contributed by atoms with van der Waals surface area (Å²) in [6.07, 6.45) is 29.6. The largest absolute Gasteiger partial charge is 0.394 e. The third kappa shape index (κ3) is 25.3. The molecule has 1 rings (SSSR count). The van der Waals surface area contributed by atoms with Crippen LogP contribution in [0.25, 0.3) is 0 Å². The van der Waals surface area contributed by atoms with Crippen molar-refractivity contribution in [2.45, 2.75) is 256 Å². The smallest absolute Gasteiger partial charge is 0.220 e. The van der Waals surface area contributed by atoms with Crippen molar-refractivity contribution in [1.29, 1.82) is 0 Å². The molecule has 0 radical (unpaired) electrons. The van der Waals surface area contributed by atoms with E-state index in [1.807, 2.05) is 0 Å². The molecule has 2 unspecified atom stereocenters. The molecule has 0 spiro atoms. The fourth-order valence-corrected chi connectivity index (χ4v) is 7.34. The molecule has 1 fully saturated rings. The minimum Gasteiger partial charge on any atom is -0.394 e. The summed E-state index contributed by atoms with van der Waals surface area (Å²) in [7, 11) is 0. The molecule has 0 bridgehead atoms. The van der Waals surface area contributed by atoms with Crippen molar-refractivity contribution in [1.82, 2.24) is 5.32 Å². The van der Waals surface area contributed by atoms with Crippen molar-refractivity contribution in [2.75, 3.05) is 13.2 Å². The van der Waals surface area contributed by atoms with Crippen LogP contribution in [0.5, 0.6) is 0 Å². The molecule has 6 N–H and O–H groups in total. The highest BCUT2D eigenvalue weighted by molar-refractivity contribution is 5.76. The second-order valence-electron chi connectivity index (χ2n) is 15.9. The lowest BCUT2D eigenvalue weighted by Crippen LogP contribution is -2.60. The average molecular weight is 744 g/mol. The van der Waals surface area contributed by atoms with Crippen molar-refractivity contribution >= 4 is 5.91 Å². The first kappa shape index (κ1) is 49.2. The molecular formula is C43H85NO8. The van der Waals surface area contributed by atoms with E-state index in [0.717, 1.165) is 38.5 Å². The van der Waals surface area contributed by atoms with E-state index >= 15 is 0 Å². The summed E-state index contributed by atoms with van der Waals surface area (Å²) in [6.45, 7) is 3.84. The number of amides is 1. The quantitative estimate of drug-likeness (QED) is 0.0346. The average Bonchev–Trinajstić information content (AvgIpc) is 3.14. The summed E-state index contributed by atoms with van der Waals surface area (Å²) in [5, 5.41) is 54.2. The van der Waals surface area contributed by atoms with Gasteiger partial charge in [-0.1, -0.05) is 194 Å². The first-order valence-electron chi connectivity index (χ1n) is 22.2. The predicted molar refractivity (Wildman–Crippen MR) is 212 cm³/mol. The molecule has 1 saturated heterocycles. The maximum Gasteiger partial charge on any atom is 0.220 e. The molecule has 9 heteroatoms. The predicted octanol–water partition coefficient (Wildman–Crippen LogP) is 8.78. The van der Waals surface area contributed by atoms with Gasteiger partial charge in [0.15, 0.2) is 6.29 Å². The van der Waals surface area contributed by atoms with E-state index in [1.165, 1.54) is 148 Å². The fourth-order valence-electron chi connectivity index (χ4n) is 7.34. The second kappa shape index (κ2) is 34.7. The number of hydrogen-bond donors (Lipinski definition) is 6. The maximum absolute atomic E-state index is 12.9. The molecule has 52 heavy (non-hydrogen) atoms. The van der Waals surface area contributed by atoms with E-state index in [0.29, 0.717) is 12.8 Å². The monoisotopic (exact) mass is 744 g/mol. The Morgan fingerprint density at radius 1 is 0.577 bits per heavy atom. The van der Waals surface area contributed by atoms with Crippen molar-refractivity contribution in [3.05, 3.63) is 0 Å². The Labute approximate surface area is 319 Å². The lowest BCUT2D eigenvalue weighted by atomic mass is 9.99. The third-order valence-corrected chi connectivity index (χ3v) is 11.0. The van der Waals surface area contributed by atoms with Gasteiger partial charge >= 0.3 is 0 Å². The van der Waals surface area contributed by atoms with Crippen LogP contribution in [-0.2, 0) is 14.3 Å². The molecule has 1 heterocycles. The van der Waals surface area contributed by atoms with Gasteiger partial charge in [0.2, 0.25) is 5.91 Å². The van der Waals surface area contributed by atoms with Crippen LogP contribution in [0.15, 0.2) is 0 Å². The van der Waals surface area contributed by atoms with Gasteiger partial charge in [-0.2, -0.15) is 0 Å². The zero-order valence-electron chi connectivity index (χ0n) is 33.8. The Bertz CT molecular complexity index is 786. The Morgan fingerprint density at radius 2 is 0.962 bits per heavy atom. The van der Waals surface area contributed by atoms with E-state index in [2.05, 4.69) is 19.2 Å². The highest BCUT2D eigenvalue weighted by atomic mass is 16.7. The summed E-state index contributed by atoms with van der Waals surface area (Å²) in [4.78, 5) is 12.9. The molecule has 1 aliphatic heterocycles. The topological polar surface area (TPSA) is 149 Å². The minimum absolute atomic E-state index is 0.132. The number of aliphatic hydroxyl groups excluding tert-OH is 5. The number of carbonyl (C=O) groups is 1. The van der Waals surface area contributed by atoms with Crippen LogP contribution in [0, 0.1) is 0 Å². The number of rotatable bonds is 37. The second-order valence-corrected chi connectivity index (χ2v) is 15.9. The molecule has 9 nitrogen and oxygen atoms in total. The molecular weight excluding hydrogens is 658 g/mol. The van der Waals surface area contributed by atoms with Crippen molar-refractivity contribution < 1.29 is 39.8 Å². The van der Waals surface area contributed by atoms with Gasteiger partial charge in [0.1, 0.15) is 24.4 Å². The molecule has 0 aromatic heterocycles. The number of unbranched alkanes of at least 4 members (excludes halogenated alkanes) is 27. The van der Waals surface area contributed by atoms with Crippen LogP contribution in [0.4, 0.5) is 0 Å².